The van der Waals surface area contributed by atoms with Crippen LogP contribution in [0.2, 0.25) is 0 Å². The van der Waals surface area contributed by atoms with Gasteiger partial charge in [0.05, 0.1) is 16.7 Å². The first-order valence-electron chi connectivity index (χ1n) is 9.26. The van der Waals surface area contributed by atoms with Gasteiger partial charge in [-0.3, -0.25) is 14.9 Å². The van der Waals surface area contributed by atoms with E-state index in [9.17, 15) is 14.9 Å². The standard InChI is InChI=1S/C20H17N5O4/c1-11-21-20-22-14-9-12(17-7-4-8-29-17)10-16(26)18(14)19(24(20)23-11)13-5-2-3-6-15(13)25(27)28/h2-8,12,19H,9-10H2,1H3,(H,21,22,23). The molecule has 146 valence electrons. The van der Waals surface area contributed by atoms with Crippen LogP contribution in [-0.2, 0) is 4.79 Å². The Balaban J connectivity index is 1.68. The van der Waals surface area contributed by atoms with Crippen LogP contribution in [0.3, 0.4) is 0 Å². The maximum Gasteiger partial charge on any atom is 0.275 e. The molecule has 3 aromatic rings. The van der Waals surface area contributed by atoms with E-state index in [0.29, 0.717) is 35.0 Å². The van der Waals surface area contributed by atoms with Crippen molar-refractivity contribution in [1.29, 1.82) is 0 Å². The predicted octanol–water partition coefficient (Wildman–Crippen LogP) is 3.50. The van der Waals surface area contributed by atoms with Gasteiger partial charge in [0.2, 0.25) is 5.95 Å². The highest BCUT2D eigenvalue weighted by molar-refractivity contribution is 6.00. The maximum absolute atomic E-state index is 13.2. The second-order valence-corrected chi connectivity index (χ2v) is 7.21. The Kier molecular flexibility index (Phi) is 3.83. The molecule has 29 heavy (non-hydrogen) atoms. The molecule has 9 heteroatoms. The van der Waals surface area contributed by atoms with Gasteiger partial charge >= 0.3 is 0 Å². The average Bonchev–Trinajstić information content (AvgIpc) is 3.35. The van der Waals surface area contributed by atoms with E-state index in [-0.39, 0.29) is 23.8 Å². The number of hydrogen-bond acceptors (Lipinski definition) is 7. The largest absolute Gasteiger partial charge is 0.469 e. The molecule has 2 aromatic heterocycles. The van der Waals surface area contributed by atoms with Gasteiger partial charge in [0.1, 0.15) is 17.6 Å². The predicted molar refractivity (Wildman–Crippen MR) is 102 cm³/mol. The minimum Gasteiger partial charge on any atom is -0.469 e. The van der Waals surface area contributed by atoms with Crippen molar-refractivity contribution >= 4 is 17.4 Å². The molecular formula is C20H17N5O4. The Bertz CT molecular complexity index is 1160. The van der Waals surface area contributed by atoms with Gasteiger partial charge < -0.3 is 9.73 Å². The van der Waals surface area contributed by atoms with Crippen molar-refractivity contribution in [2.75, 3.05) is 5.32 Å². The lowest BCUT2D eigenvalue weighted by Crippen LogP contribution is -2.33. The third-order valence-electron chi connectivity index (χ3n) is 5.40. The van der Waals surface area contributed by atoms with Gasteiger partial charge in [-0.1, -0.05) is 12.1 Å². The van der Waals surface area contributed by atoms with Crippen molar-refractivity contribution in [3.63, 3.8) is 0 Å². The van der Waals surface area contributed by atoms with E-state index in [0.717, 1.165) is 5.76 Å². The number of aromatic nitrogens is 3. The summed E-state index contributed by atoms with van der Waals surface area (Å²) in [5, 5.41) is 19.3. The number of nitro groups is 1. The van der Waals surface area contributed by atoms with Crippen LogP contribution >= 0.6 is 0 Å². The maximum atomic E-state index is 13.2. The molecule has 2 unspecified atom stereocenters. The summed E-state index contributed by atoms with van der Waals surface area (Å²) in [6.07, 6.45) is 2.42. The van der Waals surface area contributed by atoms with Crippen LogP contribution in [0.5, 0.6) is 0 Å². The Morgan fingerprint density at radius 2 is 2.07 bits per heavy atom. The molecule has 1 aromatic carbocycles. The Hall–Kier alpha value is -3.75. The van der Waals surface area contributed by atoms with E-state index in [1.807, 2.05) is 6.07 Å². The number of aryl methyl sites for hydroxylation is 1. The number of benzene rings is 1. The molecular weight excluding hydrogens is 374 g/mol. The quantitative estimate of drug-likeness (QED) is 0.536. The summed E-state index contributed by atoms with van der Waals surface area (Å²) < 4.78 is 7.08. The van der Waals surface area contributed by atoms with Crippen molar-refractivity contribution in [2.24, 2.45) is 0 Å². The molecule has 9 nitrogen and oxygen atoms in total. The minimum absolute atomic E-state index is 0.0497. The van der Waals surface area contributed by atoms with Crippen molar-refractivity contribution in [3.8, 4) is 0 Å². The molecule has 0 amide bonds. The first-order valence-corrected chi connectivity index (χ1v) is 9.26. The molecule has 2 aliphatic rings. The highest BCUT2D eigenvalue weighted by Gasteiger charge is 2.42. The summed E-state index contributed by atoms with van der Waals surface area (Å²) in [5.41, 5.74) is 1.58. The van der Waals surface area contributed by atoms with Gasteiger partial charge in [0.25, 0.3) is 5.69 Å². The lowest BCUT2D eigenvalue weighted by atomic mass is 9.79. The van der Waals surface area contributed by atoms with Gasteiger partial charge in [-0.05, 0) is 31.5 Å². The lowest BCUT2D eigenvalue weighted by molar-refractivity contribution is -0.385. The third kappa shape index (κ3) is 2.74. The van der Waals surface area contributed by atoms with E-state index < -0.39 is 11.0 Å². The number of fused-ring (bicyclic) bond motifs is 1. The second-order valence-electron chi connectivity index (χ2n) is 7.21. The van der Waals surface area contributed by atoms with Crippen LogP contribution in [0, 0.1) is 17.0 Å². The molecule has 0 radical (unpaired) electrons. The zero-order valence-corrected chi connectivity index (χ0v) is 15.5. The van der Waals surface area contributed by atoms with Crippen molar-refractivity contribution in [3.05, 3.63) is 81.2 Å². The Labute approximate surface area is 165 Å². The number of rotatable bonds is 3. The SMILES string of the molecule is Cc1nc2n(n1)C(c1ccccc1[N+](=O)[O-])C1=C(CC(c3ccco3)CC1=O)N2. The lowest BCUT2D eigenvalue weighted by Gasteiger charge is -2.34. The summed E-state index contributed by atoms with van der Waals surface area (Å²) in [5.74, 6) is 1.56. The summed E-state index contributed by atoms with van der Waals surface area (Å²) in [6.45, 7) is 1.75. The highest BCUT2D eigenvalue weighted by atomic mass is 16.6. The number of nitro benzene ring substituents is 1. The van der Waals surface area contributed by atoms with E-state index in [1.165, 1.54) is 6.07 Å². The molecule has 0 saturated carbocycles. The molecule has 3 heterocycles. The van der Waals surface area contributed by atoms with Crippen molar-refractivity contribution in [2.45, 2.75) is 31.7 Å². The number of ketones is 1. The summed E-state index contributed by atoms with van der Waals surface area (Å²) in [6, 6.07) is 9.42. The van der Waals surface area contributed by atoms with Crippen LogP contribution in [0.25, 0.3) is 0 Å². The molecule has 5 rings (SSSR count). The molecule has 1 N–H and O–H groups in total. The van der Waals surface area contributed by atoms with Gasteiger partial charge in [0, 0.05) is 29.7 Å². The number of furan rings is 1. The number of hydrogen-bond donors (Lipinski definition) is 1. The molecule has 0 saturated heterocycles. The number of allylic oxidation sites excluding steroid dienone is 2. The Morgan fingerprint density at radius 1 is 1.24 bits per heavy atom. The zero-order valence-electron chi connectivity index (χ0n) is 15.5. The summed E-state index contributed by atoms with van der Waals surface area (Å²) >= 11 is 0. The van der Waals surface area contributed by atoms with Crippen molar-refractivity contribution < 1.29 is 14.1 Å². The van der Waals surface area contributed by atoms with Crippen LogP contribution in [-0.4, -0.2) is 25.5 Å². The number of nitrogens with zero attached hydrogens (tertiary/aromatic N) is 4. The fourth-order valence-electron chi connectivity index (χ4n) is 4.22. The highest BCUT2D eigenvalue weighted by Crippen LogP contribution is 2.45. The third-order valence-corrected chi connectivity index (χ3v) is 5.40. The number of Topliss-reactive ketones (excluding diaryl/α,β-unsaturated/α-hetero) is 1. The number of anilines is 1. The van der Waals surface area contributed by atoms with E-state index in [1.54, 1.807) is 42.1 Å². The number of carbonyl (C=O) groups is 1. The monoisotopic (exact) mass is 391 g/mol. The number of carbonyl (C=O) groups excluding carboxylic acids is 1. The normalized spacial score (nSPS) is 20.8. The van der Waals surface area contributed by atoms with Crippen molar-refractivity contribution in [1.82, 2.24) is 14.8 Å². The van der Waals surface area contributed by atoms with Gasteiger partial charge in [-0.2, -0.15) is 10.1 Å². The molecule has 1 aliphatic carbocycles. The Morgan fingerprint density at radius 3 is 2.83 bits per heavy atom. The van der Waals surface area contributed by atoms with E-state index >= 15 is 0 Å². The molecule has 0 fully saturated rings. The fraction of sp³-hybridized carbons (Fsp3) is 0.250. The molecule has 1 aliphatic heterocycles. The average molecular weight is 391 g/mol. The second kappa shape index (κ2) is 6.40. The summed E-state index contributed by atoms with van der Waals surface area (Å²) in [4.78, 5) is 28.9. The van der Waals surface area contributed by atoms with E-state index in [4.69, 9.17) is 4.42 Å². The van der Waals surface area contributed by atoms with Gasteiger partial charge in [0.15, 0.2) is 5.78 Å². The van der Waals surface area contributed by atoms with Gasteiger partial charge in [-0.15, -0.1) is 0 Å². The first kappa shape index (κ1) is 17.4. The zero-order chi connectivity index (χ0) is 20.1. The topological polar surface area (TPSA) is 116 Å². The number of para-hydroxylation sites is 1. The van der Waals surface area contributed by atoms with Crippen LogP contribution in [0.4, 0.5) is 11.6 Å². The smallest absolute Gasteiger partial charge is 0.275 e. The molecule has 0 spiro atoms. The first-order chi connectivity index (χ1) is 14.0. The fourth-order valence-corrected chi connectivity index (χ4v) is 4.22. The van der Waals surface area contributed by atoms with E-state index in [2.05, 4.69) is 15.4 Å². The van der Waals surface area contributed by atoms with Crippen LogP contribution in [0.1, 0.15) is 41.9 Å². The van der Waals surface area contributed by atoms with Crippen LogP contribution in [0.15, 0.2) is 58.3 Å². The number of nitrogens with one attached hydrogen (secondary N) is 1. The minimum atomic E-state index is -0.700. The van der Waals surface area contributed by atoms with Gasteiger partial charge in [-0.25, -0.2) is 4.68 Å². The molecule has 2 atom stereocenters. The van der Waals surface area contributed by atoms with Crippen LogP contribution < -0.4 is 5.32 Å². The molecule has 0 bridgehead atoms. The summed E-state index contributed by atoms with van der Waals surface area (Å²) in [7, 11) is 0.